The van der Waals surface area contributed by atoms with E-state index in [0.29, 0.717) is 5.76 Å². The molecule has 0 saturated carbocycles. The lowest BCUT2D eigenvalue weighted by atomic mass is 10.3. The molecular formula is C9H15NO3S. The van der Waals surface area contributed by atoms with Gasteiger partial charge in [-0.05, 0) is 32.9 Å². The van der Waals surface area contributed by atoms with Crippen LogP contribution in [0, 0.1) is 0 Å². The molecule has 1 heterocycles. The van der Waals surface area contributed by atoms with E-state index in [-0.39, 0.29) is 6.04 Å². The highest BCUT2D eigenvalue weighted by Crippen LogP contribution is 2.14. The Bertz CT molecular complexity index is 367. The Hall–Kier alpha value is -0.810. The molecule has 1 N–H and O–H groups in total. The van der Waals surface area contributed by atoms with Crippen molar-refractivity contribution in [3.8, 4) is 0 Å². The summed E-state index contributed by atoms with van der Waals surface area (Å²) in [7, 11) is -3.23. The van der Waals surface area contributed by atoms with Gasteiger partial charge in [0.2, 0.25) is 10.0 Å². The molecule has 1 aromatic heterocycles. The van der Waals surface area contributed by atoms with Gasteiger partial charge in [-0.15, -0.1) is 0 Å². The quantitative estimate of drug-likeness (QED) is 0.834. The van der Waals surface area contributed by atoms with E-state index in [1.165, 1.54) is 6.26 Å². The van der Waals surface area contributed by atoms with Gasteiger partial charge in [0.25, 0.3) is 0 Å². The largest absolute Gasteiger partial charge is 0.468 e. The Morgan fingerprint density at radius 1 is 1.36 bits per heavy atom. The van der Waals surface area contributed by atoms with Crippen LogP contribution in [0.3, 0.4) is 0 Å². The second-order valence-corrected chi connectivity index (χ2v) is 5.72. The Morgan fingerprint density at radius 2 is 2.00 bits per heavy atom. The van der Waals surface area contributed by atoms with Crippen molar-refractivity contribution in [3.63, 3.8) is 0 Å². The Morgan fingerprint density at radius 3 is 2.43 bits per heavy atom. The molecule has 1 rings (SSSR count). The minimum Gasteiger partial charge on any atom is -0.468 e. The van der Waals surface area contributed by atoms with E-state index in [4.69, 9.17) is 4.42 Å². The molecule has 0 aliphatic rings. The van der Waals surface area contributed by atoms with Crippen molar-refractivity contribution in [3.05, 3.63) is 24.2 Å². The second kappa shape index (κ2) is 4.14. The van der Waals surface area contributed by atoms with E-state index < -0.39 is 15.3 Å². The van der Waals surface area contributed by atoms with Crippen molar-refractivity contribution < 1.29 is 12.8 Å². The summed E-state index contributed by atoms with van der Waals surface area (Å²) in [6.07, 6.45) is 1.52. The average Bonchev–Trinajstić information content (AvgIpc) is 2.54. The average molecular weight is 217 g/mol. The highest BCUT2D eigenvalue weighted by atomic mass is 32.2. The topological polar surface area (TPSA) is 59.3 Å². The maximum absolute atomic E-state index is 11.5. The van der Waals surface area contributed by atoms with Crippen LogP contribution in [0.25, 0.3) is 0 Å². The highest BCUT2D eigenvalue weighted by Gasteiger charge is 2.20. The number of rotatable bonds is 4. The van der Waals surface area contributed by atoms with Gasteiger partial charge < -0.3 is 4.42 Å². The molecule has 0 fully saturated rings. The van der Waals surface area contributed by atoms with Crippen LogP contribution in [0.1, 0.15) is 32.6 Å². The molecule has 1 aromatic rings. The van der Waals surface area contributed by atoms with E-state index in [1.807, 2.05) is 0 Å². The lowest BCUT2D eigenvalue weighted by Gasteiger charge is -2.13. The zero-order chi connectivity index (χ0) is 10.8. The summed E-state index contributed by atoms with van der Waals surface area (Å²) in [6.45, 7) is 5.02. The lowest BCUT2D eigenvalue weighted by molar-refractivity contribution is 0.458. The van der Waals surface area contributed by atoms with Crippen molar-refractivity contribution in [1.29, 1.82) is 0 Å². The van der Waals surface area contributed by atoms with Gasteiger partial charge in [-0.25, -0.2) is 13.1 Å². The summed E-state index contributed by atoms with van der Waals surface area (Å²) in [5.74, 6) is 0.620. The molecule has 0 aliphatic heterocycles. The number of hydrogen-bond acceptors (Lipinski definition) is 3. The first-order chi connectivity index (χ1) is 6.43. The fourth-order valence-corrected chi connectivity index (χ4v) is 1.86. The van der Waals surface area contributed by atoms with E-state index in [0.717, 1.165) is 0 Å². The summed E-state index contributed by atoms with van der Waals surface area (Å²) in [4.78, 5) is 0. The molecule has 0 radical (unpaired) electrons. The predicted octanol–water partition coefficient (Wildman–Crippen LogP) is 1.67. The van der Waals surface area contributed by atoms with Crippen LogP contribution in [0.2, 0.25) is 0 Å². The Kier molecular flexibility index (Phi) is 3.34. The zero-order valence-electron chi connectivity index (χ0n) is 8.52. The van der Waals surface area contributed by atoms with Crippen LogP contribution in [0.4, 0.5) is 0 Å². The first kappa shape index (κ1) is 11.3. The Labute approximate surface area is 84.4 Å². The van der Waals surface area contributed by atoms with Crippen molar-refractivity contribution >= 4 is 10.0 Å². The van der Waals surface area contributed by atoms with Gasteiger partial charge in [0.1, 0.15) is 5.76 Å². The third-order valence-electron chi connectivity index (χ3n) is 1.93. The SMILES string of the molecule is CC(NS(=O)(=O)C(C)C)c1ccco1. The van der Waals surface area contributed by atoms with E-state index in [2.05, 4.69) is 4.72 Å². The molecule has 0 saturated heterocycles. The standard InChI is InChI=1S/C9H15NO3S/c1-7(2)14(11,12)10-8(3)9-5-4-6-13-9/h4-8,10H,1-3H3. The number of hydrogen-bond donors (Lipinski definition) is 1. The van der Waals surface area contributed by atoms with E-state index >= 15 is 0 Å². The van der Waals surface area contributed by atoms with Crippen molar-refractivity contribution in [1.82, 2.24) is 4.72 Å². The number of furan rings is 1. The summed E-state index contributed by atoms with van der Waals surface area (Å²) in [5, 5.41) is -0.431. The molecular weight excluding hydrogens is 202 g/mol. The monoisotopic (exact) mass is 217 g/mol. The molecule has 0 aromatic carbocycles. The smallest absolute Gasteiger partial charge is 0.214 e. The molecule has 14 heavy (non-hydrogen) atoms. The first-order valence-electron chi connectivity index (χ1n) is 4.48. The molecule has 0 amide bonds. The summed E-state index contributed by atoms with van der Waals surface area (Å²) in [6, 6.07) is 3.15. The summed E-state index contributed by atoms with van der Waals surface area (Å²) >= 11 is 0. The lowest BCUT2D eigenvalue weighted by Crippen LogP contribution is -2.32. The molecule has 5 heteroatoms. The minimum absolute atomic E-state index is 0.322. The fourth-order valence-electron chi connectivity index (χ4n) is 0.978. The third kappa shape index (κ3) is 2.59. The van der Waals surface area contributed by atoms with Gasteiger partial charge in [-0.3, -0.25) is 0 Å². The zero-order valence-corrected chi connectivity index (χ0v) is 9.34. The van der Waals surface area contributed by atoms with Crippen LogP contribution in [0.15, 0.2) is 22.8 Å². The molecule has 1 unspecified atom stereocenters. The number of sulfonamides is 1. The first-order valence-corrected chi connectivity index (χ1v) is 6.02. The van der Waals surface area contributed by atoms with Gasteiger partial charge in [-0.2, -0.15) is 0 Å². The van der Waals surface area contributed by atoms with Crippen LogP contribution < -0.4 is 4.72 Å². The van der Waals surface area contributed by atoms with Gasteiger partial charge in [-0.1, -0.05) is 0 Å². The second-order valence-electron chi connectivity index (χ2n) is 3.45. The maximum Gasteiger partial charge on any atom is 0.214 e. The van der Waals surface area contributed by atoms with Crippen LogP contribution in [-0.4, -0.2) is 13.7 Å². The minimum atomic E-state index is -3.23. The van der Waals surface area contributed by atoms with Crippen molar-refractivity contribution in [2.24, 2.45) is 0 Å². The van der Waals surface area contributed by atoms with Crippen molar-refractivity contribution in [2.75, 3.05) is 0 Å². The fraction of sp³-hybridized carbons (Fsp3) is 0.556. The highest BCUT2D eigenvalue weighted by molar-refractivity contribution is 7.90. The maximum atomic E-state index is 11.5. The normalized spacial score (nSPS) is 14.6. The van der Waals surface area contributed by atoms with Crippen LogP contribution in [-0.2, 0) is 10.0 Å². The molecule has 4 nitrogen and oxygen atoms in total. The molecule has 0 spiro atoms. The number of nitrogens with one attached hydrogen (secondary N) is 1. The van der Waals surface area contributed by atoms with Gasteiger partial charge in [0.05, 0.1) is 17.6 Å². The van der Waals surface area contributed by atoms with Crippen molar-refractivity contribution in [2.45, 2.75) is 32.1 Å². The van der Waals surface area contributed by atoms with E-state index in [1.54, 1.807) is 32.9 Å². The third-order valence-corrected chi connectivity index (χ3v) is 3.85. The summed E-state index contributed by atoms with van der Waals surface area (Å²) in [5.41, 5.74) is 0. The predicted molar refractivity (Wildman–Crippen MR) is 54.3 cm³/mol. The van der Waals surface area contributed by atoms with Crippen LogP contribution in [0.5, 0.6) is 0 Å². The molecule has 0 bridgehead atoms. The van der Waals surface area contributed by atoms with E-state index in [9.17, 15) is 8.42 Å². The Balaban J connectivity index is 2.71. The molecule has 0 aliphatic carbocycles. The van der Waals surface area contributed by atoms with Crippen LogP contribution >= 0.6 is 0 Å². The summed E-state index contributed by atoms with van der Waals surface area (Å²) < 4.78 is 30.6. The molecule has 1 atom stereocenters. The van der Waals surface area contributed by atoms with Gasteiger partial charge in [0.15, 0.2) is 0 Å². The van der Waals surface area contributed by atoms with Gasteiger partial charge in [0, 0.05) is 0 Å². The molecule has 80 valence electrons. The van der Waals surface area contributed by atoms with Gasteiger partial charge >= 0.3 is 0 Å².